The van der Waals surface area contributed by atoms with Crippen molar-refractivity contribution in [3.63, 3.8) is 0 Å². The Balaban J connectivity index is 1.71. The summed E-state index contributed by atoms with van der Waals surface area (Å²) < 4.78 is 10.5. The first-order valence-electron chi connectivity index (χ1n) is 5.25. The maximum absolute atomic E-state index is 5.68. The van der Waals surface area contributed by atoms with Crippen molar-refractivity contribution in [1.29, 1.82) is 0 Å². The Morgan fingerprint density at radius 2 is 2.31 bits per heavy atom. The van der Waals surface area contributed by atoms with E-state index in [-0.39, 0.29) is 0 Å². The molecule has 0 saturated heterocycles. The van der Waals surface area contributed by atoms with E-state index in [1.54, 1.807) is 18.4 Å². The number of halogens is 1. The molecule has 5 heteroatoms. The van der Waals surface area contributed by atoms with Gasteiger partial charge in [-0.15, -0.1) is 0 Å². The average molecular weight is 239 g/mol. The van der Waals surface area contributed by atoms with Crippen LogP contribution in [0.5, 0.6) is 0 Å². The maximum atomic E-state index is 5.68. The van der Waals surface area contributed by atoms with Crippen LogP contribution in [0.2, 0.25) is 5.22 Å². The molecule has 4 nitrogen and oxygen atoms in total. The number of furan rings is 1. The molecule has 0 spiro atoms. The predicted molar refractivity (Wildman–Crippen MR) is 59.1 cm³/mol. The van der Waals surface area contributed by atoms with E-state index < -0.39 is 0 Å². The fourth-order valence-corrected chi connectivity index (χ4v) is 1.61. The molecule has 3 rings (SSSR count). The van der Waals surface area contributed by atoms with Crippen LogP contribution in [0.3, 0.4) is 0 Å². The quantitative estimate of drug-likeness (QED) is 0.890. The Hall–Kier alpha value is -1.26. The van der Waals surface area contributed by atoms with Gasteiger partial charge in [0.15, 0.2) is 11.0 Å². The first kappa shape index (κ1) is 9.93. The van der Waals surface area contributed by atoms with Crippen LogP contribution in [0.25, 0.3) is 11.7 Å². The van der Waals surface area contributed by atoms with E-state index in [1.807, 2.05) is 0 Å². The van der Waals surface area contributed by atoms with Gasteiger partial charge in [0.2, 0.25) is 0 Å². The molecule has 2 aromatic rings. The molecular formula is C11H11ClN2O2. The minimum Gasteiger partial charge on any atom is -0.442 e. The number of oxazole rings is 1. The maximum Gasteiger partial charge on any atom is 0.263 e. The molecule has 1 aliphatic carbocycles. The summed E-state index contributed by atoms with van der Waals surface area (Å²) in [5.41, 5.74) is 0.884. The van der Waals surface area contributed by atoms with Crippen LogP contribution >= 0.6 is 11.6 Å². The lowest BCUT2D eigenvalue weighted by molar-refractivity contribution is 0.517. The van der Waals surface area contributed by atoms with Gasteiger partial charge in [-0.05, 0) is 36.6 Å². The zero-order chi connectivity index (χ0) is 11.0. The second kappa shape index (κ2) is 3.96. The average Bonchev–Trinajstić information content (AvgIpc) is 2.81. The second-order valence-electron chi connectivity index (χ2n) is 3.90. The molecular weight excluding hydrogens is 228 g/mol. The van der Waals surface area contributed by atoms with Gasteiger partial charge in [0.25, 0.3) is 5.89 Å². The summed E-state index contributed by atoms with van der Waals surface area (Å²) in [7, 11) is 0. The molecule has 2 aromatic heterocycles. The van der Waals surface area contributed by atoms with Crippen LogP contribution < -0.4 is 5.32 Å². The third-order valence-electron chi connectivity index (χ3n) is 2.48. The summed E-state index contributed by atoms with van der Waals surface area (Å²) in [4.78, 5) is 4.31. The summed E-state index contributed by atoms with van der Waals surface area (Å²) in [6.07, 6.45) is 4.16. The van der Waals surface area contributed by atoms with E-state index in [0.717, 1.165) is 12.2 Å². The molecule has 2 heterocycles. The lowest BCUT2D eigenvalue weighted by atomic mass is 10.4. The number of hydrogen-bond acceptors (Lipinski definition) is 4. The van der Waals surface area contributed by atoms with Gasteiger partial charge in [-0.2, -0.15) is 0 Å². The Morgan fingerprint density at radius 1 is 1.44 bits per heavy atom. The Labute approximate surface area is 97.6 Å². The van der Waals surface area contributed by atoms with Crippen LogP contribution in [0, 0.1) is 0 Å². The van der Waals surface area contributed by atoms with Crippen molar-refractivity contribution in [2.24, 2.45) is 0 Å². The van der Waals surface area contributed by atoms with Gasteiger partial charge in [0.1, 0.15) is 6.26 Å². The normalized spacial score (nSPS) is 15.6. The van der Waals surface area contributed by atoms with E-state index in [9.17, 15) is 0 Å². The number of nitrogens with one attached hydrogen (secondary N) is 1. The van der Waals surface area contributed by atoms with Crippen molar-refractivity contribution in [3.8, 4) is 11.7 Å². The number of hydrogen-bond donors (Lipinski definition) is 1. The van der Waals surface area contributed by atoms with Gasteiger partial charge < -0.3 is 14.2 Å². The largest absolute Gasteiger partial charge is 0.442 e. The Kier molecular flexibility index (Phi) is 2.46. The van der Waals surface area contributed by atoms with Crippen LogP contribution in [0.1, 0.15) is 18.5 Å². The van der Waals surface area contributed by atoms with Gasteiger partial charge in [-0.1, -0.05) is 0 Å². The van der Waals surface area contributed by atoms with Crippen molar-refractivity contribution >= 4 is 11.6 Å². The van der Waals surface area contributed by atoms with E-state index >= 15 is 0 Å². The summed E-state index contributed by atoms with van der Waals surface area (Å²) in [5, 5.41) is 3.70. The number of nitrogens with zero attached hydrogens (tertiary/aromatic N) is 1. The van der Waals surface area contributed by atoms with Crippen LogP contribution in [-0.2, 0) is 6.54 Å². The molecule has 0 atom stereocenters. The van der Waals surface area contributed by atoms with Crippen molar-refractivity contribution in [3.05, 3.63) is 29.3 Å². The first-order valence-corrected chi connectivity index (χ1v) is 5.62. The summed E-state index contributed by atoms with van der Waals surface area (Å²) in [6, 6.07) is 4.08. The Bertz CT molecular complexity index is 488. The molecule has 0 unspecified atom stereocenters. The van der Waals surface area contributed by atoms with Crippen molar-refractivity contribution in [1.82, 2.24) is 10.3 Å². The SMILES string of the molecule is Clc1ccc(-c2nc(CNC3CC3)co2)o1. The highest BCUT2D eigenvalue weighted by atomic mass is 35.5. The molecule has 84 valence electrons. The molecule has 0 aliphatic heterocycles. The predicted octanol–water partition coefficient (Wildman–Crippen LogP) is 2.84. The van der Waals surface area contributed by atoms with E-state index in [0.29, 0.717) is 22.9 Å². The zero-order valence-electron chi connectivity index (χ0n) is 8.57. The highest BCUT2D eigenvalue weighted by Gasteiger charge is 2.20. The van der Waals surface area contributed by atoms with Gasteiger partial charge in [-0.3, -0.25) is 0 Å². The molecule has 0 amide bonds. The molecule has 0 radical (unpaired) electrons. The van der Waals surface area contributed by atoms with E-state index in [1.165, 1.54) is 12.8 Å². The van der Waals surface area contributed by atoms with Gasteiger partial charge >= 0.3 is 0 Å². The second-order valence-corrected chi connectivity index (χ2v) is 4.28. The summed E-state index contributed by atoms with van der Waals surface area (Å²) >= 11 is 5.68. The van der Waals surface area contributed by atoms with Gasteiger partial charge in [0.05, 0.1) is 5.69 Å². The number of rotatable bonds is 4. The smallest absolute Gasteiger partial charge is 0.263 e. The fraction of sp³-hybridized carbons (Fsp3) is 0.364. The third kappa shape index (κ3) is 2.13. The van der Waals surface area contributed by atoms with Gasteiger partial charge in [-0.25, -0.2) is 4.98 Å². The molecule has 1 saturated carbocycles. The topological polar surface area (TPSA) is 51.2 Å². The van der Waals surface area contributed by atoms with Crippen molar-refractivity contribution in [2.75, 3.05) is 0 Å². The molecule has 1 fully saturated rings. The van der Waals surface area contributed by atoms with Crippen LogP contribution in [0.4, 0.5) is 0 Å². The zero-order valence-corrected chi connectivity index (χ0v) is 9.33. The summed E-state index contributed by atoms with van der Waals surface area (Å²) in [6.45, 7) is 0.739. The first-order chi connectivity index (χ1) is 7.81. The molecule has 0 bridgehead atoms. The monoisotopic (exact) mass is 238 g/mol. The summed E-state index contributed by atoms with van der Waals surface area (Å²) in [5.74, 6) is 1.03. The number of aromatic nitrogens is 1. The fourth-order valence-electron chi connectivity index (χ4n) is 1.47. The lowest BCUT2D eigenvalue weighted by Crippen LogP contribution is -2.15. The van der Waals surface area contributed by atoms with E-state index in [4.69, 9.17) is 20.4 Å². The Morgan fingerprint density at radius 3 is 3.00 bits per heavy atom. The van der Waals surface area contributed by atoms with Crippen molar-refractivity contribution < 1.29 is 8.83 Å². The highest BCUT2D eigenvalue weighted by molar-refractivity contribution is 6.28. The molecule has 16 heavy (non-hydrogen) atoms. The third-order valence-corrected chi connectivity index (χ3v) is 2.69. The minimum absolute atomic E-state index is 0.339. The standard InChI is InChI=1S/C11H11ClN2O2/c12-10-4-3-9(16-10)11-14-8(6-15-11)5-13-7-1-2-7/h3-4,6-7,13H,1-2,5H2. The van der Waals surface area contributed by atoms with Crippen molar-refractivity contribution in [2.45, 2.75) is 25.4 Å². The molecule has 1 aliphatic rings. The lowest BCUT2D eigenvalue weighted by Gasteiger charge is -1.95. The van der Waals surface area contributed by atoms with Crippen LogP contribution in [0.15, 0.2) is 27.2 Å². The van der Waals surface area contributed by atoms with Crippen LogP contribution in [-0.4, -0.2) is 11.0 Å². The van der Waals surface area contributed by atoms with Gasteiger partial charge in [0, 0.05) is 12.6 Å². The highest BCUT2D eigenvalue weighted by Crippen LogP contribution is 2.24. The minimum atomic E-state index is 0.339. The molecule has 0 aromatic carbocycles. The molecule has 1 N–H and O–H groups in total. The van der Waals surface area contributed by atoms with E-state index in [2.05, 4.69) is 10.3 Å².